The van der Waals surface area contributed by atoms with Crippen molar-refractivity contribution in [3.05, 3.63) is 65.9 Å². The first kappa shape index (κ1) is 23.7. The number of carbonyl (C=O) groups is 2. The van der Waals surface area contributed by atoms with E-state index in [4.69, 9.17) is 0 Å². The van der Waals surface area contributed by atoms with E-state index < -0.39 is 6.61 Å². The molecule has 0 radical (unpaired) electrons. The molecule has 1 aromatic heterocycles. The number of alkyl halides is 2. The zero-order chi connectivity index (χ0) is 23.9. The molecule has 1 aliphatic rings. The number of hydrogen-bond donors (Lipinski definition) is 2. The van der Waals surface area contributed by atoms with Crippen LogP contribution in [0.5, 0.6) is 5.75 Å². The molecule has 2 amide bonds. The fraction of sp³-hybridized carbons (Fsp3) is 0.360. The van der Waals surface area contributed by atoms with E-state index in [0.29, 0.717) is 45.6 Å². The van der Waals surface area contributed by atoms with Crippen molar-refractivity contribution in [1.82, 2.24) is 20.1 Å². The van der Waals surface area contributed by atoms with Crippen LogP contribution in [0.25, 0.3) is 10.9 Å². The van der Waals surface area contributed by atoms with Gasteiger partial charge in [0.2, 0.25) is 11.8 Å². The van der Waals surface area contributed by atoms with Crippen molar-refractivity contribution in [3.63, 3.8) is 0 Å². The molecule has 9 heteroatoms. The Morgan fingerprint density at radius 1 is 1.03 bits per heavy atom. The van der Waals surface area contributed by atoms with Crippen molar-refractivity contribution >= 4 is 22.7 Å². The van der Waals surface area contributed by atoms with Crippen LogP contribution in [-0.2, 0) is 22.4 Å². The van der Waals surface area contributed by atoms with E-state index in [9.17, 15) is 18.4 Å². The normalized spacial score (nSPS) is 14.5. The topological polar surface area (TPSA) is 77.7 Å². The lowest BCUT2D eigenvalue weighted by atomic mass is 10.1. The maximum atomic E-state index is 12.8. The fourth-order valence-corrected chi connectivity index (χ4v) is 4.15. The number of fused-ring (bicyclic) bond motifs is 1. The molecule has 0 bridgehead atoms. The maximum Gasteiger partial charge on any atom is 0.387 e. The van der Waals surface area contributed by atoms with Gasteiger partial charge in [0, 0.05) is 49.8 Å². The molecule has 0 aliphatic carbocycles. The van der Waals surface area contributed by atoms with Crippen molar-refractivity contribution in [2.45, 2.75) is 19.5 Å². The van der Waals surface area contributed by atoms with E-state index in [1.54, 1.807) is 12.1 Å². The van der Waals surface area contributed by atoms with E-state index in [1.165, 1.54) is 12.1 Å². The Morgan fingerprint density at radius 3 is 2.50 bits per heavy atom. The number of amides is 2. The third kappa shape index (κ3) is 6.32. The Balaban J connectivity index is 1.15. The van der Waals surface area contributed by atoms with Crippen LogP contribution in [0.3, 0.4) is 0 Å². The van der Waals surface area contributed by atoms with E-state index in [1.807, 2.05) is 40.3 Å². The molecule has 4 rings (SSSR count). The van der Waals surface area contributed by atoms with Crippen molar-refractivity contribution in [3.8, 4) is 5.75 Å². The highest BCUT2D eigenvalue weighted by Gasteiger charge is 2.23. The molecule has 3 aromatic rings. The van der Waals surface area contributed by atoms with Crippen LogP contribution in [0.4, 0.5) is 8.78 Å². The van der Waals surface area contributed by atoms with Gasteiger partial charge in [-0.1, -0.05) is 30.3 Å². The second kappa shape index (κ2) is 11.1. The Labute approximate surface area is 196 Å². The lowest BCUT2D eigenvalue weighted by Crippen LogP contribution is -2.51. The number of aromatic nitrogens is 1. The van der Waals surface area contributed by atoms with Gasteiger partial charge in [-0.25, -0.2) is 0 Å². The van der Waals surface area contributed by atoms with E-state index in [2.05, 4.69) is 15.0 Å². The molecule has 7 nitrogen and oxygen atoms in total. The summed E-state index contributed by atoms with van der Waals surface area (Å²) >= 11 is 0. The molecular weight excluding hydrogens is 442 g/mol. The van der Waals surface area contributed by atoms with Crippen molar-refractivity contribution in [2.75, 3.05) is 39.3 Å². The van der Waals surface area contributed by atoms with Gasteiger partial charge in [0.25, 0.3) is 0 Å². The largest absolute Gasteiger partial charge is 0.435 e. The Hall–Kier alpha value is -3.46. The number of ether oxygens (including phenoxy) is 1. The summed E-state index contributed by atoms with van der Waals surface area (Å²) in [4.78, 5) is 32.2. The summed E-state index contributed by atoms with van der Waals surface area (Å²) in [6.45, 7) is 0.396. The third-order valence-corrected chi connectivity index (χ3v) is 5.99. The summed E-state index contributed by atoms with van der Waals surface area (Å²) in [5, 5.41) is 3.96. The standard InChI is InChI=1S/C25H28F2N4O3/c26-25(27)34-20-7-5-18(6-8-20)9-10-28-23(32)17-30-11-13-31(14-12-30)24(33)15-19-16-29-22-4-2-1-3-21(19)22/h1-8,16,25,29H,9-15,17H2,(H,28,32). The average molecular weight is 471 g/mol. The van der Waals surface area contributed by atoms with Gasteiger partial charge in [-0.3, -0.25) is 14.5 Å². The maximum absolute atomic E-state index is 12.8. The van der Waals surface area contributed by atoms with Crippen LogP contribution in [0.1, 0.15) is 11.1 Å². The third-order valence-electron chi connectivity index (χ3n) is 5.99. The van der Waals surface area contributed by atoms with E-state index in [-0.39, 0.29) is 24.1 Å². The fourth-order valence-electron chi connectivity index (χ4n) is 4.15. The number of benzene rings is 2. The predicted octanol–water partition coefficient (Wildman–Crippen LogP) is 2.81. The highest BCUT2D eigenvalue weighted by atomic mass is 19.3. The molecule has 0 unspecified atom stereocenters. The Kier molecular flexibility index (Phi) is 7.74. The molecule has 2 aromatic carbocycles. The molecule has 0 saturated carbocycles. The summed E-state index contributed by atoms with van der Waals surface area (Å²) in [5.74, 6) is 0.136. The molecule has 2 N–H and O–H groups in total. The number of halogens is 2. The molecule has 1 aliphatic heterocycles. The van der Waals surface area contributed by atoms with Crippen LogP contribution in [0.15, 0.2) is 54.7 Å². The monoisotopic (exact) mass is 470 g/mol. The molecule has 0 spiro atoms. The summed E-state index contributed by atoms with van der Waals surface area (Å²) in [6, 6.07) is 14.3. The van der Waals surface area contributed by atoms with Gasteiger partial charge in [0.05, 0.1) is 13.0 Å². The quantitative estimate of drug-likeness (QED) is 0.504. The van der Waals surface area contributed by atoms with Gasteiger partial charge >= 0.3 is 6.61 Å². The number of aromatic amines is 1. The number of H-pyrrole nitrogens is 1. The van der Waals surface area contributed by atoms with E-state index >= 15 is 0 Å². The first-order valence-electron chi connectivity index (χ1n) is 11.3. The minimum atomic E-state index is -2.84. The van der Waals surface area contributed by atoms with Crippen molar-refractivity contribution < 1.29 is 23.1 Å². The number of hydrogen-bond acceptors (Lipinski definition) is 4. The lowest BCUT2D eigenvalue weighted by molar-refractivity contribution is -0.132. The highest BCUT2D eigenvalue weighted by molar-refractivity contribution is 5.89. The van der Waals surface area contributed by atoms with Gasteiger partial charge in [-0.15, -0.1) is 0 Å². The van der Waals surface area contributed by atoms with Gasteiger partial charge in [-0.05, 0) is 35.7 Å². The minimum Gasteiger partial charge on any atom is -0.435 e. The summed E-state index contributed by atoms with van der Waals surface area (Å²) in [6.07, 6.45) is 2.85. The number of para-hydroxylation sites is 1. The molecule has 0 atom stereocenters. The number of nitrogens with one attached hydrogen (secondary N) is 2. The second-order valence-corrected chi connectivity index (χ2v) is 8.32. The van der Waals surface area contributed by atoms with Gasteiger partial charge in [0.15, 0.2) is 0 Å². The Bertz CT molecular complexity index is 1110. The average Bonchev–Trinajstić information content (AvgIpc) is 3.23. The predicted molar refractivity (Wildman–Crippen MR) is 125 cm³/mol. The Morgan fingerprint density at radius 2 is 1.76 bits per heavy atom. The number of rotatable bonds is 9. The SMILES string of the molecule is O=C(CN1CCN(C(=O)Cc2c[nH]c3ccccc23)CC1)NCCc1ccc(OC(F)F)cc1. The molecule has 1 saturated heterocycles. The van der Waals surface area contributed by atoms with Gasteiger partial charge in [-0.2, -0.15) is 8.78 Å². The smallest absolute Gasteiger partial charge is 0.387 e. The highest BCUT2D eigenvalue weighted by Crippen LogP contribution is 2.19. The minimum absolute atomic E-state index is 0.0729. The molecule has 180 valence electrons. The zero-order valence-corrected chi connectivity index (χ0v) is 18.8. The van der Waals surface area contributed by atoms with Crippen LogP contribution < -0.4 is 10.1 Å². The molecule has 34 heavy (non-hydrogen) atoms. The van der Waals surface area contributed by atoms with Crippen LogP contribution in [-0.4, -0.2) is 72.5 Å². The lowest BCUT2D eigenvalue weighted by Gasteiger charge is -2.34. The number of nitrogens with zero attached hydrogens (tertiary/aromatic N) is 2. The number of carbonyl (C=O) groups excluding carboxylic acids is 2. The molecule has 2 heterocycles. The van der Waals surface area contributed by atoms with Crippen molar-refractivity contribution in [2.24, 2.45) is 0 Å². The van der Waals surface area contributed by atoms with Gasteiger partial charge < -0.3 is 19.9 Å². The molecule has 1 fully saturated rings. The van der Waals surface area contributed by atoms with Gasteiger partial charge in [0.1, 0.15) is 5.75 Å². The first-order chi connectivity index (χ1) is 16.5. The van der Waals surface area contributed by atoms with Crippen LogP contribution >= 0.6 is 0 Å². The van der Waals surface area contributed by atoms with Crippen LogP contribution in [0, 0.1) is 0 Å². The number of piperazine rings is 1. The first-order valence-corrected chi connectivity index (χ1v) is 11.3. The zero-order valence-electron chi connectivity index (χ0n) is 18.8. The summed E-state index contributed by atoms with van der Waals surface area (Å²) < 4.78 is 28.7. The second-order valence-electron chi connectivity index (χ2n) is 8.32. The van der Waals surface area contributed by atoms with Crippen molar-refractivity contribution in [1.29, 1.82) is 0 Å². The molecular formula is C25H28F2N4O3. The van der Waals surface area contributed by atoms with E-state index in [0.717, 1.165) is 22.0 Å². The summed E-state index contributed by atoms with van der Waals surface area (Å²) in [7, 11) is 0. The summed E-state index contributed by atoms with van der Waals surface area (Å²) in [5.41, 5.74) is 2.95. The van der Waals surface area contributed by atoms with Crippen LogP contribution in [0.2, 0.25) is 0 Å².